The molecule has 0 spiro atoms. The van der Waals surface area contributed by atoms with E-state index < -0.39 is 6.10 Å². The SMILES string of the molecule is O=C(NCCOc1ccccc1)NCC(O)c1ccccc1Cl. The van der Waals surface area contributed by atoms with Gasteiger partial charge < -0.3 is 20.5 Å². The van der Waals surface area contributed by atoms with Crippen LogP contribution in [0, 0.1) is 0 Å². The first-order valence-corrected chi connectivity index (χ1v) is 7.66. The largest absolute Gasteiger partial charge is 0.492 e. The van der Waals surface area contributed by atoms with E-state index in [1.54, 1.807) is 24.3 Å². The smallest absolute Gasteiger partial charge is 0.315 e. The highest BCUT2D eigenvalue weighted by Gasteiger charge is 2.12. The van der Waals surface area contributed by atoms with Crippen LogP contribution in [-0.2, 0) is 0 Å². The van der Waals surface area contributed by atoms with E-state index in [0.29, 0.717) is 23.7 Å². The van der Waals surface area contributed by atoms with Crippen LogP contribution in [0.2, 0.25) is 5.02 Å². The minimum absolute atomic E-state index is 0.0785. The van der Waals surface area contributed by atoms with Gasteiger partial charge in [-0.25, -0.2) is 4.79 Å². The Morgan fingerprint density at radius 1 is 1.09 bits per heavy atom. The van der Waals surface area contributed by atoms with E-state index in [2.05, 4.69) is 10.6 Å². The first-order chi connectivity index (χ1) is 11.2. The molecule has 0 heterocycles. The van der Waals surface area contributed by atoms with E-state index in [0.717, 1.165) is 5.75 Å². The maximum atomic E-state index is 11.7. The van der Waals surface area contributed by atoms with Gasteiger partial charge in [0.25, 0.3) is 0 Å². The Kier molecular flexibility index (Phi) is 6.72. The summed E-state index contributed by atoms with van der Waals surface area (Å²) in [5.74, 6) is 0.754. The normalized spacial score (nSPS) is 11.6. The Balaban J connectivity index is 1.64. The van der Waals surface area contributed by atoms with Crippen molar-refractivity contribution >= 4 is 17.6 Å². The Labute approximate surface area is 140 Å². The number of rotatable bonds is 7. The van der Waals surface area contributed by atoms with E-state index in [9.17, 15) is 9.90 Å². The topological polar surface area (TPSA) is 70.6 Å². The molecule has 122 valence electrons. The predicted molar refractivity (Wildman–Crippen MR) is 89.8 cm³/mol. The molecule has 1 atom stereocenters. The average Bonchev–Trinajstić information content (AvgIpc) is 2.58. The Morgan fingerprint density at radius 3 is 2.52 bits per heavy atom. The van der Waals surface area contributed by atoms with Gasteiger partial charge in [-0.15, -0.1) is 0 Å². The molecule has 0 aliphatic carbocycles. The van der Waals surface area contributed by atoms with Gasteiger partial charge >= 0.3 is 6.03 Å². The molecule has 0 saturated carbocycles. The number of carbonyl (C=O) groups excluding carboxylic acids is 1. The van der Waals surface area contributed by atoms with Crippen LogP contribution in [0.4, 0.5) is 4.79 Å². The molecule has 0 aromatic heterocycles. The zero-order chi connectivity index (χ0) is 16.5. The Morgan fingerprint density at radius 2 is 1.78 bits per heavy atom. The van der Waals surface area contributed by atoms with Crippen LogP contribution in [0.1, 0.15) is 11.7 Å². The van der Waals surface area contributed by atoms with Gasteiger partial charge in [0.05, 0.1) is 12.6 Å². The van der Waals surface area contributed by atoms with Crippen molar-refractivity contribution in [2.45, 2.75) is 6.10 Å². The molecule has 6 heteroatoms. The van der Waals surface area contributed by atoms with Crippen molar-refractivity contribution in [1.29, 1.82) is 0 Å². The lowest BCUT2D eigenvalue weighted by Crippen LogP contribution is -2.39. The fourth-order valence-electron chi connectivity index (χ4n) is 1.96. The number of benzene rings is 2. The molecule has 0 fully saturated rings. The number of halogens is 1. The molecule has 0 bridgehead atoms. The lowest BCUT2D eigenvalue weighted by atomic mass is 10.1. The third-order valence-corrected chi connectivity index (χ3v) is 3.46. The van der Waals surface area contributed by atoms with Crippen molar-refractivity contribution in [2.24, 2.45) is 0 Å². The number of para-hydroxylation sites is 1. The van der Waals surface area contributed by atoms with Gasteiger partial charge in [-0.3, -0.25) is 0 Å². The number of aliphatic hydroxyl groups is 1. The van der Waals surface area contributed by atoms with Crippen LogP contribution in [0.3, 0.4) is 0 Å². The zero-order valence-corrected chi connectivity index (χ0v) is 13.3. The summed E-state index contributed by atoms with van der Waals surface area (Å²) in [6, 6.07) is 16.0. The second-order valence-electron chi connectivity index (χ2n) is 4.84. The molecule has 2 aromatic carbocycles. The maximum Gasteiger partial charge on any atom is 0.315 e. The summed E-state index contributed by atoms with van der Waals surface area (Å²) in [6.07, 6.45) is -0.852. The lowest BCUT2D eigenvalue weighted by molar-refractivity contribution is 0.173. The van der Waals surface area contributed by atoms with Gasteiger partial charge in [0.1, 0.15) is 12.4 Å². The van der Waals surface area contributed by atoms with Crippen LogP contribution in [0.5, 0.6) is 5.75 Å². The molecule has 23 heavy (non-hydrogen) atoms. The Hall–Kier alpha value is -2.24. The van der Waals surface area contributed by atoms with E-state index in [1.807, 2.05) is 30.3 Å². The highest BCUT2D eigenvalue weighted by Crippen LogP contribution is 2.21. The first kappa shape index (κ1) is 17.1. The van der Waals surface area contributed by atoms with Gasteiger partial charge in [-0.1, -0.05) is 48.0 Å². The predicted octanol–water partition coefficient (Wildman–Crippen LogP) is 2.75. The van der Waals surface area contributed by atoms with Crippen LogP contribution in [0.25, 0.3) is 0 Å². The van der Waals surface area contributed by atoms with Crippen molar-refractivity contribution in [3.05, 3.63) is 65.2 Å². The fourth-order valence-corrected chi connectivity index (χ4v) is 2.22. The zero-order valence-electron chi connectivity index (χ0n) is 12.5. The minimum Gasteiger partial charge on any atom is -0.492 e. The van der Waals surface area contributed by atoms with Crippen LogP contribution >= 0.6 is 11.6 Å². The third kappa shape index (κ3) is 5.81. The molecule has 0 radical (unpaired) electrons. The highest BCUT2D eigenvalue weighted by atomic mass is 35.5. The van der Waals surface area contributed by atoms with Crippen LogP contribution in [0.15, 0.2) is 54.6 Å². The lowest BCUT2D eigenvalue weighted by Gasteiger charge is -2.14. The van der Waals surface area contributed by atoms with E-state index in [1.165, 1.54) is 0 Å². The summed E-state index contributed by atoms with van der Waals surface area (Å²) >= 11 is 5.99. The molecule has 2 amide bonds. The van der Waals surface area contributed by atoms with Gasteiger partial charge in [-0.2, -0.15) is 0 Å². The molecule has 2 rings (SSSR count). The quantitative estimate of drug-likeness (QED) is 0.682. The molecule has 1 unspecified atom stereocenters. The van der Waals surface area contributed by atoms with E-state index in [-0.39, 0.29) is 12.6 Å². The van der Waals surface area contributed by atoms with Crippen molar-refractivity contribution < 1.29 is 14.6 Å². The monoisotopic (exact) mass is 334 g/mol. The summed E-state index contributed by atoms with van der Waals surface area (Å²) in [6.45, 7) is 0.808. The number of ether oxygens (including phenoxy) is 1. The van der Waals surface area contributed by atoms with Crippen LogP contribution in [-0.4, -0.2) is 30.8 Å². The van der Waals surface area contributed by atoms with Gasteiger partial charge in [0, 0.05) is 17.1 Å². The van der Waals surface area contributed by atoms with Crippen molar-refractivity contribution in [1.82, 2.24) is 10.6 Å². The van der Waals surface area contributed by atoms with Gasteiger partial charge in [0.15, 0.2) is 0 Å². The van der Waals surface area contributed by atoms with E-state index >= 15 is 0 Å². The highest BCUT2D eigenvalue weighted by molar-refractivity contribution is 6.31. The minimum atomic E-state index is -0.852. The van der Waals surface area contributed by atoms with Crippen molar-refractivity contribution in [3.8, 4) is 5.75 Å². The maximum absolute atomic E-state index is 11.7. The van der Waals surface area contributed by atoms with Gasteiger partial charge in [-0.05, 0) is 18.2 Å². The number of amides is 2. The Bertz CT molecular complexity index is 622. The summed E-state index contributed by atoms with van der Waals surface area (Å²) in [7, 11) is 0. The van der Waals surface area contributed by atoms with Crippen molar-refractivity contribution in [3.63, 3.8) is 0 Å². The summed E-state index contributed by atoms with van der Waals surface area (Å²) in [4.78, 5) is 11.7. The van der Waals surface area contributed by atoms with Gasteiger partial charge in [0.2, 0.25) is 0 Å². The summed E-state index contributed by atoms with van der Waals surface area (Å²) in [5, 5.41) is 15.7. The average molecular weight is 335 g/mol. The summed E-state index contributed by atoms with van der Waals surface area (Å²) in [5.41, 5.74) is 0.585. The second kappa shape index (κ2) is 9.02. The molecular weight excluding hydrogens is 316 g/mol. The molecule has 0 saturated heterocycles. The standard InChI is InChI=1S/C17H19ClN2O3/c18-15-9-5-4-8-14(15)16(21)12-20-17(22)19-10-11-23-13-6-2-1-3-7-13/h1-9,16,21H,10-12H2,(H2,19,20,22). The number of hydrogen-bond acceptors (Lipinski definition) is 3. The van der Waals surface area contributed by atoms with E-state index in [4.69, 9.17) is 16.3 Å². The molecule has 2 aromatic rings. The molecule has 0 aliphatic rings. The molecular formula is C17H19ClN2O3. The van der Waals surface area contributed by atoms with Crippen LogP contribution < -0.4 is 15.4 Å². The molecule has 0 aliphatic heterocycles. The second-order valence-corrected chi connectivity index (χ2v) is 5.24. The fraction of sp³-hybridized carbons (Fsp3) is 0.235. The third-order valence-electron chi connectivity index (χ3n) is 3.12. The molecule has 5 nitrogen and oxygen atoms in total. The number of hydrogen-bond donors (Lipinski definition) is 3. The summed E-state index contributed by atoms with van der Waals surface area (Å²) < 4.78 is 5.46. The number of nitrogens with one attached hydrogen (secondary N) is 2. The number of aliphatic hydroxyl groups excluding tert-OH is 1. The first-order valence-electron chi connectivity index (χ1n) is 7.29. The number of carbonyl (C=O) groups is 1. The number of urea groups is 1. The molecule has 3 N–H and O–H groups in total. The van der Waals surface area contributed by atoms with Crippen molar-refractivity contribution in [2.75, 3.05) is 19.7 Å².